The number of aromatic nitrogens is 2. The van der Waals surface area contributed by atoms with Crippen LogP contribution < -0.4 is 10.5 Å². The molecule has 0 bridgehead atoms. The molecule has 0 spiro atoms. The van der Waals surface area contributed by atoms with Crippen molar-refractivity contribution in [2.75, 3.05) is 6.61 Å². The lowest BCUT2D eigenvalue weighted by Gasteiger charge is -2.18. The van der Waals surface area contributed by atoms with Crippen molar-refractivity contribution in [1.82, 2.24) is 10.1 Å². The van der Waals surface area contributed by atoms with E-state index in [9.17, 15) is 0 Å². The summed E-state index contributed by atoms with van der Waals surface area (Å²) >= 11 is 3.47. The first-order chi connectivity index (χ1) is 10.6. The van der Waals surface area contributed by atoms with Crippen molar-refractivity contribution in [3.05, 3.63) is 40.0 Å². The molecule has 114 valence electrons. The first-order valence-electron chi connectivity index (χ1n) is 7.40. The Morgan fingerprint density at radius 3 is 2.86 bits per heavy atom. The number of benzene rings is 1. The second-order valence-corrected chi connectivity index (χ2v) is 6.84. The lowest BCUT2D eigenvalue weighted by atomic mass is 9.98. The van der Waals surface area contributed by atoms with Crippen LogP contribution in [0.25, 0.3) is 11.6 Å². The summed E-state index contributed by atoms with van der Waals surface area (Å²) in [5.41, 5.74) is 7.83. The Bertz CT molecular complexity index is 748. The molecule has 0 atom stereocenters. The van der Waals surface area contributed by atoms with E-state index >= 15 is 0 Å². The first kappa shape index (κ1) is 14.0. The first-order valence-corrected chi connectivity index (χ1v) is 8.20. The Morgan fingerprint density at radius 1 is 1.23 bits per heavy atom. The molecule has 2 heterocycles. The average molecular weight is 362 g/mol. The number of nitrogens with zero attached hydrogens (tertiary/aromatic N) is 2. The lowest BCUT2D eigenvalue weighted by Crippen LogP contribution is -2.34. The summed E-state index contributed by atoms with van der Waals surface area (Å²) in [4.78, 5) is 4.52. The van der Waals surface area contributed by atoms with Crippen molar-refractivity contribution >= 4 is 27.6 Å². The summed E-state index contributed by atoms with van der Waals surface area (Å²) in [6, 6.07) is 5.91. The van der Waals surface area contributed by atoms with Crippen LogP contribution in [0.3, 0.4) is 0 Å². The summed E-state index contributed by atoms with van der Waals surface area (Å²) in [6.07, 6.45) is 6.09. The van der Waals surface area contributed by atoms with Gasteiger partial charge in [0.15, 0.2) is 5.82 Å². The highest BCUT2D eigenvalue weighted by Crippen LogP contribution is 2.36. The Balaban J connectivity index is 1.67. The van der Waals surface area contributed by atoms with Crippen LogP contribution in [-0.4, -0.2) is 16.7 Å². The predicted octanol–water partition coefficient (Wildman–Crippen LogP) is 3.49. The van der Waals surface area contributed by atoms with Crippen LogP contribution in [0.4, 0.5) is 0 Å². The van der Waals surface area contributed by atoms with Crippen molar-refractivity contribution in [3.63, 3.8) is 0 Å². The zero-order valence-corrected chi connectivity index (χ0v) is 13.6. The average Bonchev–Trinajstić information content (AvgIpc) is 3.16. The van der Waals surface area contributed by atoms with Gasteiger partial charge in [-0.2, -0.15) is 4.98 Å². The van der Waals surface area contributed by atoms with E-state index in [1.807, 2.05) is 24.3 Å². The molecule has 1 saturated carbocycles. The highest BCUT2D eigenvalue weighted by molar-refractivity contribution is 9.10. The van der Waals surface area contributed by atoms with Crippen molar-refractivity contribution in [3.8, 4) is 5.75 Å². The number of hydrogen-bond donors (Lipinski definition) is 1. The fourth-order valence-electron chi connectivity index (χ4n) is 3.06. The van der Waals surface area contributed by atoms with Gasteiger partial charge >= 0.3 is 0 Å². The van der Waals surface area contributed by atoms with Crippen molar-refractivity contribution in [2.24, 2.45) is 5.73 Å². The number of ether oxygens (including phenoxy) is 1. The molecule has 2 aromatic rings. The van der Waals surface area contributed by atoms with E-state index in [0.29, 0.717) is 18.3 Å². The van der Waals surface area contributed by atoms with Crippen LogP contribution in [0.15, 0.2) is 27.2 Å². The van der Waals surface area contributed by atoms with E-state index in [-0.39, 0.29) is 0 Å². The maximum atomic E-state index is 6.38. The van der Waals surface area contributed by atoms with Crippen LogP contribution >= 0.6 is 15.9 Å². The molecule has 22 heavy (non-hydrogen) atoms. The Morgan fingerprint density at radius 2 is 2.05 bits per heavy atom. The van der Waals surface area contributed by atoms with Crippen molar-refractivity contribution < 1.29 is 9.26 Å². The van der Waals surface area contributed by atoms with Crippen molar-refractivity contribution in [1.29, 1.82) is 0 Å². The lowest BCUT2D eigenvalue weighted by molar-refractivity contribution is 0.343. The predicted molar refractivity (Wildman–Crippen MR) is 86.1 cm³/mol. The van der Waals surface area contributed by atoms with E-state index in [0.717, 1.165) is 47.0 Å². The standard InChI is InChI=1S/C16H16BrN3O2/c17-12-3-4-13-10(8-12)7-11(9-21-13)14-19-15(20-22-14)16(18)5-1-2-6-16/h3-4,7-8H,1-2,5-6,9,18H2. The topological polar surface area (TPSA) is 74.2 Å². The summed E-state index contributed by atoms with van der Waals surface area (Å²) < 4.78 is 12.2. The van der Waals surface area contributed by atoms with Crippen molar-refractivity contribution in [2.45, 2.75) is 31.2 Å². The third-order valence-corrected chi connectivity index (χ3v) is 4.82. The van der Waals surface area contributed by atoms with Gasteiger partial charge in [0.05, 0.1) is 11.1 Å². The van der Waals surface area contributed by atoms with Crippen LogP contribution in [-0.2, 0) is 5.54 Å². The van der Waals surface area contributed by atoms with E-state index in [4.69, 9.17) is 15.0 Å². The minimum atomic E-state index is -0.432. The molecule has 1 aromatic heterocycles. The molecule has 2 aliphatic rings. The summed E-state index contributed by atoms with van der Waals surface area (Å²) in [6.45, 7) is 0.424. The monoisotopic (exact) mass is 361 g/mol. The quantitative estimate of drug-likeness (QED) is 0.885. The van der Waals surface area contributed by atoms with Gasteiger partial charge in [-0.25, -0.2) is 0 Å². The van der Waals surface area contributed by atoms with E-state index in [2.05, 4.69) is 26.1 Å². The van der Waals surface area contributed by atoms with Crippen LogP contribution in [0, 0.1) is 0 Å². The minimum Gasteiger partial charge on any atom is -0.488 e. The third-order valence-electron chi connectivity index (χ3n) is 4.33. The molecule has 2 N–H and O–H groups in total. The van der Waals surface area contributed by atoms with Crippen LogP contribution in [0.1, 0.15) is 43.0 Å². The van der Waals surface area contributed by atoms with Gasteiger partial charge in [-0.1, -0.05) is 33.9 Å². The van der Waals surface area contributed by atoms with Crippen LogP contribution in [0.5, 0.6) is 5.75 Å². The summed E-state index contributed by atoms with van der Waals surface area (Å²) in [5, 5.41) is 4.10. The van der Waals surface area contributed by atoms with Gasteiger partial charge in [-0.3, -0.25) is 0 Å². The van der Waals surface area contributed by atoms with Gasteiger partial charge in [0.25, 0.3) is 5.89 Å². The Kier molecular flexibility index (Phi) is 3.31. The van der Waals surface area contributed by atoms with Gasteiger partial charge in [0.2, 0.25) is 0 Å². The van der Waals surface area contributed by atoms with E-state index in [1.54, 1.807) is 0 Å². The Hall–Kier alpha value is -1.66. The number of hydrogen-bond acceptors (Lipinski definition) is 5. The molecular weight excluding hydrogens is 346 g/mol. The van der Waals surface area contributed by atoms with Gasteiger partial charge in [0, 0.05) is 10.0 Å². The zero-order chi connectivity index (χ0) is 15.2. The highest BCUT2D eigenvalue weighted by atomic mass is 79.9. The molecule has 0 radical (unpaired) electrons. The second kappa shape index (κ2) is 5.21. The number of halogens is 1. The van der Waals surface area contributed by atoms with Gasteiger partial charge in [0.1, 0.15) is 12.4 Å². The second-order valence-electron chi connectivity index (χ2n) is 5.93. The molecular formula is C16H16BrN3O2. The summed E-state index contributed by atoms with van der Waals surface area (Å²) in [7, 11) is 0. The third kappa shape index (κ3) is 2.36. The fourth-order valence-corrected chi connectivity index (χ4v) is 3.44. The van der Waals surface area contributed by atoms with Crippen LogP contribution in [0.2, 0.25) is 0 Å². The molecule has 6 heteroatoms. The van der Waals surface area contributed by atoms with Gasteiger partial charge < -0.3 is 15.0 Å². The summed E-state index contributed by atoms with van der Waals surface area (Å²) in [5.74, 6) is 1.97. The molecule has 0 amide bonds. The maximum absolute atomic E-state index is 6.38. The molecule has 1 aliphatic carbocycles. The SMILES string of the molecule is NC1(c2noc(C3=Cc4cc(Br)ccc4OC3)n2)CCCC1. The molecule has 0 saturated heterocycles. The fraction of sp³-hybridized carbons (Fsp3) is 0.375. The van der Waals surface area contributed by atoms with E-state index in [1.165, 1.54) is 0 Å². The van der Waals surface area contributed by atoms with Gasteiger partial charge in [-0.15, -0.1) is 0 Å². The number of nitrogens with two attached hydrogens (primary N) is 1. The Labute approximate surface area is 136 Å². The normalized spacial score (nSPS) is 19.5. The highest BCUT2D eigenvalue weighted by Gasteiger charge is 2.36. The molecule has 1 aliphatic heterocycles. The number of fused-ring (bicyclic) bond motifs is 1. The molecule has 4 rings (SSSR count). The minimum absolute atomic E-state index is 0.424. The molecule has 1 aromatic carbocycles. The largest absolute Gasteiger partial charge is 0.488 e. The zero-order valence-electron chi connectivity index (χ0n) is 12.0. The maximum Gasteiger partial charge on any atom is 0.257 e. The molecule has 1 fully saturated rings. The molecule has 0 unspecified atom stereocenters. The number of rotatable bonds is 2. The van der Waals surface area contributed by atoms with E-state index < -0.39 is 5.54 Å². The van der Waals surface area contributed by atoms with Gasteiger partial charge in [-0.05, 0) is 37.1 Å². The molecule has 5 nitrogen and oxygen atoms in total. The smallest absolute Gasteiger partial charge is 0.257 e.